The van der Waals surface area contributed by atoms with Gasteiger partial charge in [0.1, 0.15) is 0 Å². The van der Waals surface area contributed by atoms with E-state index < -0.39 is 15.1 Å². The Bertz CT molecular complexity index is 1220. The van der Waals surface area contributed by atoms with E-state index in [0.717, 1.165) is 28.7 Å². The lowest BCUT2D eigenvalue weighted by Gasteiger charge is -2.21. The number of carbonyl (C=O) groups excluding carboxylic acids is 1. The van der Waals surface area contributed by atoms with E-state index in [4.69, 9.17) is 16.6 Å². The van der Waals surface area contributed by atoms with Gasteiger partial charge in [-0.1, -0.05) is 22.9 Å². The summed E-state index contributed by atoms with van der Waals surface area (Å²) in [5, 5.41) is 0.718. The summed E-state index contributed by atoms with van der Waals surface area (Å²) in [6, 6.07) is 9.88. The molecular weight excluding hydrogens is 466 g/mol. The van der Waals surface area contributed by atoms with Crippen LogP contribution in [0.25, 0.3) is 10.2 Å². The number of hydrogen-bond donors (Lipinski definition) is 0. The Morgan fingerprint density at radius 2 is 1.78 bits per heavy atom. The van der Waals surface area contributed by atoms with Crippen LogP contribution in [0.4, 0.5) is 5.13 Å². The fourth-order valence-corrected chi connectivity index (χ4v) is 5.81. The fraction of sp³-hybridized carbons (Fsp3) is 0.391. The van der Waals surface area contributed by atoms with E-state index in [0.29, 0.717) is 22.3 Å². The van der Waals surface area contributed by atoms with Crippen molar-refractivity contribution >= 4 is 54.0 Å². The lowest BCUT2D eigenvalue weighted by molar-refractivity contribution is 0.0986. The van der Waals surface area contributed by atoms with Crippen molar-refractivity contribution in [3.05, 3.63) is 52.5 Å². The molecule has 2 aromatic carbocycles. The van der Waals surface area contributed by atoms with Gasteiger partial charge >= 0.3 is 0 Å². The second-order valence-electron chi connectivity index (χ2n) is 8.30. The van der Waals surface area contributed by atoms with Gasteiger partial charge < -0.3 is 4.90 Å². The van der Waals surface area contributed by atoms with Gasteiger partial charge in [-0.05, 0) is 89.8 Å². The highest BCUT2D eigenvalue weighted by Crippen LogP contribution is 2.34. The molecule has 0 N–H and O–H groups in total. The Hall–Kier alpha value is -2.00. The van der Waals surface area contributed by atoms with Crippen molar-refractivity contribution in [3.8, 4) is 0 Å². The Morgan fingerprint density at radius 3 is 2.38 bits per heavy atom. The van der Waals surface area contributed by atoms with Gasteiger partial charge in [-0.15, -0.1) is 0 Å². The predicted octanol–water partition coefficient (Wildman–Crippen LogP) is 5.04. The number of rotatable bonds is 8. The van der Waals surface area contributed by atoms with Crippen LogP contribution in [0, 0.1) is 6.92 Å². The molecule has 32 heavy (non-hydrogen) atoms. The average molecular weight is 494 g/mol. The molecule has 172 valence electrons. The van der Waals surface area contributed by atoms with Gasteiger partial charge in [0, 0.05) is 17.1 Å². The van der Waals surface area contributed by atoms with Crippen LogP contribution in [0.2, 0.25) is 5.02 Å². The third-order valence-electron chi connectivity index (χ3n) is 5.15. The number of sulfone groups is 1. The zero-order chi connectivity index (χ0) is 23.6. The lowest BCUT2D eigenvalue weighted by Crippen LogP contribution is -2.33. The van der Waals surface area contributed by atoms with Gasteiger partial charge in [0.05, 0.1) is 20.4 Å². The first-order valence-corrected chi connectivity index (χ1v) is 13.1. The van der Waals surface area contributed by atoms with Crippen molar-refractivity contribution in [2.45, 2.75) is 37.3 Å². The Morgan fingerprint density at radius 1 is 1.12 bits per heavy atom. The van der Waals surface area contributed by atoms with E-state index in [-0.39, 0.29) is 10.8 Å². The normalized spacial score (nSPS) is 12.1. The molecule has 9 heteroatoms. The molecule has 0 aliphatic heterocycles. The number of anilines is 1. The van der Waals surface area contributed by atoms with Crippen molar-refractivity contribution in [2.24, 2.45) is 0 Å². The van der Waals surface area contributed by atoms with Gasteiger partial charge in [0.2, 0.25) is 0 Å². The third-order valence-corrected chi connectivity index (χ3v) is 8.57. The highest BCUT2D eigenvalue weighted by atomic mass is 35.5. The summed E-state index contributed by atoms with van der Waals surface area (Å²) < 4.78 is 25.8. The van der Waals surface area contributed by atoms with E-state index in [2.05, 4.69) is 4.90 Å². The maximum absolute atomic E-state index is 13.4. The summed E-state index contributed by atoms with van der Waals surface area (Å²) in [5.41, 5.74) is 2.21. The Balaban J connectivity index is 1.97. The molecule has 0 atom stereocenters. The first-order chi connectivity index (χ1) is 15.0. The number of thiazole rings is 1. The molecule has 0 aliphatic rings. The van der Waals surface area contributed by atoms with Gasteiger partial charge in [0.15, 0.2) is 15.0 Å². The molecule has 0 saturated heterocycles. The number of hydrogen-bond acceptors (Lipinski definition) is 6. The number of nitrogens with zero attached hydrogens (tertiary/aromatic N) is 3. The van der Waals surface area contributed by atoms with Crippen LogP contribution >= 0.6 is 22.9 Å². The van der Waals surface area contributed by atoms with E-state index in [9.17, 15) is 13.2 Å². The Labute approximate surface area is 198 Å². The molecule has 0 radical (unpaired) electrons. The van der Waals surface area contributed by atoms with Crippen molar-refractivity contribution in [1.82, 2.24) is 9.88 Å². The number of fused-ring (bicyclic) bond motifs is 1. The van der Waals surface area contributed by atoms with Crippen molar-refractivity contribution in [1.29, 1.82) is 0 Å². The molecule has 0 spiro atoms. The van der Waals surface area contributed by atoms with E-state index in [1.165, 1.54) is 23.5 Å². The maximum atomic E-state index is 13.4. The minimum atomic E-state index is -3.39. The molecule has 1 amide bonds. The molecule has 3 aromatic rings. The third kappa shape index (κ3) is 5.31. The number of aryl methyl sites for hydroxylation is 1. The first-order valence-electron chi connectivity index (χ1n) is 10.4. The van der Waals surface area contributed by atoms with Crippen LogP contribution in [-0.2, 0) is 9.84 Å². The quantitative estimate of drug-likeness (QED) is 0.439. The Kier molecular flexibility index (Phi) is 7.60. The SMILES string of the molecule is Cc1cc(Cl)cc2sc(N(CCCN(C)C)C(=O)c3ccc(S(=O)(=O)C(C)C)cc3)nc12. The molecule has 3 rings (SSSR count). The smallest absolute Gasteiger partial charge is 0.260 e. The topological polar surface area (TPSA) is 70.6 Å². The number of halogens is 1. The first kappa shape index (κ1) is 24.6. The molecule has 0 unspecified atom stereocenters. The lowest BCUT2D eigenvalue weighted by atomic mass is 10.2. The second kappa shape index (κ2) is 9.87. The fourth-order valence-electron chi connectivity index (χ4n) is 3.30. The standard InChI is InChI=1S/C23H28ClN3O3S2/c1-15(2)32(29,30)19-9-7-17(8-10-19)22(28)27(12-6-11-26(4)5)23-25-21-16(3)13-18(24)14-20(21)31-23/h7-10,13-15H,6,11-12H2,1-5H3. The minimum absolute atomic E-state index is 0.208. The monoisotopic (exact) mass is 493 g/mol. The minimum Gasteiger partial charge on any atom is -0.309 e. The molecule has 0 saturated carbocycles. The summed E-state index contributed by atoms with van der Waals surface area (Å²) in [4.78, 5) is 22.1. The second-order valence-corrected chi connectivity index (χ2v) is 12.2. The van der Waals surface area contributed by atoms with Crippen LogP contribution in [-0.4, -0.2) is 56.6 Å². The van der Waals surface area contributed by atoms with Crippen molar-refractivity contribution in [2.75, 3.05) is 32.1 Å². The van der Waals surface area contributed by atoms with Crippen molar-refractivity contribution < 1.29 is 13.2 Å². The largest absolute Gasteiger partial charge is 0.309 e. The zero-order valence-corrected chi connectivity index (χ0v) is 21.3. The highest BCUT2D eigenvalue weighted by molar-refractivity contribution is 7.92. The molecular formula is C23H28ClN3O3S2. The molecule has 1 aromatic heterocycles. The van der Waals surface area contributed by atoms with E-state index >= 15 is 0 Å². The zero-order valence-electron chi connectivity index (χ0n) is 18.9. The average Bonchev–Trinajstić information content (AvgIpc) is 3.14. The molecule has 1 heterocycles. The predicted molar refractivity (Wildman–Crippen MR) is 133 cm³/mol. The van der Waals surface area contributed by atoms with Crippen LogP contribution in [0.15, 0.2) is 41.3 Å². The van der Waals surface area contributed by atoms with Crippen LogP contribution in [0.3, 0.4) is 0 Å². The number of amides is 1. The van der Waals surface area contributed by atoms with Gasteiger partial charge in [0.25, 0.3) is 5.91 Å². The van der Waals surface area contributed by atoms with E-state index in [1.54, 1.807) is 30.9 Å². The number of benzene rings is 2. The summed E-state index contributed by atoms with van der Waals surface area (Å²) in [6.45, 7) is 6.55. The van der Waals surface area contributed by atoms with E-state index in [1.807, 2.05) is 33.2 Å². The van der Waals surface area contributed by atoms with Gasteiger partial charge in [-0.25, -0.2) is 13.4 Å². The summed E-state index contributed by atoms with van der Waals surface area (Å²) in [6.07, 6.45) is 0.772. The summed E-state index contributed by atoms with van der Waals surface area (Å²) in [5.74, 6) is -0.208. The number of carbonyl (C=O) groups is 1. The molecule has 0 fully saturated rings. The summed E-state index contributed by atoms with van der Waals surface area (Å²) in [7, 11) is 0.583. The van der Waals surface area contributed by atoms with Crippen LogP contribution in [0.5, 0.6) is 0 Å². The van der Waals surface area contributed by atoms with Crippen molar-refractivity contribution in [3.63, 3.8) is 0 Å². The van der Waals surface area contributed by atoms with Gasteiger partial charge in [-0.2, -0.15) is 0 Å². The highest BCUT2D eigenvalue weighted by Gasteiger charge is 2.24. The molecule has 0 aliphatic carbocycles. The van der Waals surface area contributed by atoms with Crippen LogP contribution in [0.1, 0.15) is 36.2 Å². The molecule has 0 bridgehead atoms. The summed E-state index contributed by atoms with van der Waals surface area (Å²) >= 11 is 7.63. The maximum Gasteiger partial charge on any atom is 0.260 e. The number of aromatic nitrogens is 1. The molecule has 6 nitrogen and oxygen atoms in total. The van der Waals surface area contributed by atoms with Crippen LogP contribution < -0.4 is 4.90 Å². The van der Waals surface area contributed by atoms with Gasteiger partial charge in [-0.3, -0.25) is 9.69 Å².